The van der Waals surface area contributed by atoms with Crippen molar-refractivity contribution in [1.29, 1.82) is 0 Å². The Morgan fingerprint density at radius 2 is 2.00 bits per heavy atom. The summed E-state index contributed by atoms with van der Waals surface area (Å²) in [4.78, 5) is 13.5. The normalized spacial score (nSPS) is 23.3. The Hall–Kier alpha value is -1.98. The quantitative estimate of drug-likeness (QED) is 0.838. The minimum absolute atomic E-state index is 0.323. The molecule has 2 aliphatic heterocycles. The van der Waals surface area contributed by atoms with Gasteiger partial charge in [0, 0.05) is 49.8 Å². The molecule has 0 aromatic carbocycles. The zero-order valence-corrected chi connectivity index (χ0v) is 14.8. The van der Waals surface area contributed by atoms with Crippen LogP contribution in [0.1, 0.15) is 18.4 Å². The van der Waals surface area contributed by atoms with Gasteiger partial charge in [-0.25, -0.2) is 4.98 Å². The van der Waals surface area contributed by atoms with Crippen molar-refractivity contribution in [2.24, 2.45) is 5.92 Å². The van der Waals surface area contributed by atoms with Crippen molar-refractivity contribution in [3.05, 3.63) is 54.5 Å². The maximum Gasteiger partial charge on any atom is 0.213 e. The summed E-state index contributed by atoms with van der Waals surface area (Å²) < 4.78 is 5.91. The first-order chi connectivity index (χ1) is 12.2. The van der Waals surface area contributed by atoms with E-state index in [4.69, 9.17) is 4.74 Å². The van der Waals surface area contributed by atoms with Crippen LogP contribution < -0.4 is 4.74 Å². The van der Waals surface area contributed by atoms with Gasteiger partial charge in [0.05, 0.1) is 6.61 Å². The summed E-state index contributed by atoms with van der Waals surface area (Å²) >= 11 is 0. The van der Waals surface area contributed by atoms with Crippen molar-refractivity contribution >= 4 is 0 Å². The molecule has 5 nitrogen and oxygen atoms in total. The number of hydrogen-bond donors (Lipinski definition) is 0. The largest absolute Gasteiger partial charge is 0.477 e. The van der Waals surface area contributed by atoms with Crippen LogP contribution >= 0.6 is 0 Å². The molecule has 2 fully saturated rings. The van der Waals surface area contributed by atoms with E-state index < -0.39 is 0 Å². The Bertz CT molecular complexity index is 673. The van der Waals surface area contributed by atoms with Gasteiger partial charge in [0.2, 0.25) is 5.88 Å². The van der Waals surface area contributed by atoms with Crippen molar-refractivity contribution in [2.45, 2.75) is 24.9 Å². The van der Waals surface area contributed by atoms with Crippen LogP contribution in [0.15, 0.2) is 48.9 Å². The van der Waals surface area contributed by atoms with E-state index in [1.165, 1.54) is 18.4 Å². The second-order valence-electron chi connectivity index (χ2n) is 7.48. The van der Waals surface area contributed by atoms with Gasteiger partial charge in [-0.3, -0.25) is 14.8 Å². The summed E-state index contributed by atoms with van der Waals surface area (Å²) in [6, 6.07) is 10.0. The lowest BCUT2D eigenvalue weighted by Crippen LogP contribution is -2.71. The van der Waals surface area contributed by atoms with Crippen LogP contribution in [0.2, 0.25) is 0 Å². The number of hydrogen-bond acceptors (Lipinski definition) is 5. The summed E-state index contributed by atoms with van der Waals surface area (Å²) in [5.41, 5.74) is 1.67. The number of piperidine rings is 1. The monoisotopic (exact) mass is 338 g/mol. The standard InChI is InChI=1S/C20H26N4O/c1-23-11-7-18(14-25-19-4-2-3-8-22-19)12-20(23)15-24(16-20)13-17-5-9-21-10-6-17/h2-6,8-10,18H,7,11-16H2,1H3/t18-/m0/s1. The van der Waals surface area contributed by atoms with E-state index in [9.17, 15) is 0 Å². The zero-order chi connectivity index (χ0) is 17.1. The van der Waals surface area contributed by atoms with Gasteiger partial charge in [0.1, 0.15) is 0 Å². The molecule has 1 spiro atoms. The average molecular weight is 338 g/mol. The van der Waals surface area contributed by atoms with Crippen LogP contribution in [0.5, 0.6) is 5.88 Å². The Morgan fingerprint density at radius 3 is 2.76 bits per heavy atom. The zero-order valence-electron chi connectivity index (χ0n) is 14.8. The molecule has 5 heteroatoms. The molecule has 2 aromatic heterocycles. The fraction of sp³-hybridized carbons (Fsp3) is 0.500. The molecule has 4 heterocycles. The number of likely N-dealkylation sites (tertiary alicyclic amines) is 2. The minimum Gasteiger partial charge on any atom is -0.477 e. The Labute approximate surface area is 149 Å². The first-order valence-corrected chi connectivity index (χ1v) is 9.10. The third-order valence-corrected chi connectivity index (χ3v) is 5.65. The second kappa shape index (κ2) is 7.10. The van der Waals surface area contributed by atoms with Crippen LogP contribution in [-0.4, -0.2) is 58.6 Å². The summed E-state index contributed by atoms with van der Waals surface area (Å²) in [5, 5.41) is 0. The summed E-state index contributed by atoms with van der Waals surface area (Å²) in [6.07, 6.45) is 7.96. The third kappa shape index (κ3) is 3.67. The van der Waals surface area contributed by atoms with Crippen molar-refractivity contribution in [2.75, 3.05) is 33.3 Å². The Morgan fingerprint density at radius 1 is 1.16 bits per heavy atom. The van der Waals surface area contributed by atoms with E-state index in [1.807, 2.05) is 30.6 Å². The highest BCUT2D eigenvalue weighted by molar-refractivity contribution is 5.14. The molecular weight excluding hydrogens is 312 g/mol. The summed E-state index contributed by atoms with van der Waals surface area (Å²) in [6.45, 7) is 5.24. The molecular formula is C20H26N4O. The van der Waals surface area contributed by atoms with Crippen LogP contribution in [0.4, 0.5) is 0 Å². The van der Waals surface area contributed by atoms with Gasteiger partial charge < -0.3 is 4.74 Å². The summed E-state index contributed by atoms with van der Waals surface area (Å²) in [7, 11) is 2.28. The van der Waals surface area contributed by atoms with E-state index in [0.29, 0.717) is 11.5 Å². The lowest BCUT2D eigenvalue weighted by Gasteiger charge is -2.58. The maximum absolute atomic E-state index is 5.91. The fourth-order valence-corrected chi connectivity index (χ4v) is 4.20. The van der Waals surface area contributed by atoms with E-state index in [-0.39, 0.29) is 0 Å². The predicted octanol–water partition coefficient (Wildman–Crippen LogP) is 2.45. The molecule has 25 heavy (non-hydrogen) atoms. The molecule has 132 valence electrons. The van der Waals surface area contributed by atoms with E-state index in [2.05, 4.69) is 38.9 Å². The van der Waals surface area contributed by atoms with Gasteiger partial charge in [-0.05, 0) is 56.1 Å². The average Bonchev–Trinajstić information content (AvgIpc) is 2.63. The molecule has 0 amide bonds. The van der Waals surface area contributed by atoms with Crippen LogP contribution in [0, 0.1) is 5.92 Å². The van der Waals surface area contributed by atoms with Crippen LogP contribution in [-0.2, 0) is 6.54 Å². The van der Waals surface area contributed by atoms with Crippen LogP contribution in [0.3, 0.4) is 0 Å². The molecule has 2 aromatic rings. The minimum atomic E-state index is 0.323. The molecule has 4 rings (SSSR count). The molecule has 0 N–H and O–H groups in total. The number of pyridine rings is 2. The topological polar surface area (TPSA) is 41.5 Å². The van der Waals surface area contributed by atoms with Crippen molar-refractivity contribution < 1.29 is 4.74 Å². The van der Waals surface area contributed by atoms with Gasteiger partial charge in [0.15, 0.2) is 0 Å². The first kappa shape index (κ1) is 16.5. The number of aromatic nitrogens is 2. The second-order valence-corrected chi connectivity index (χ2v) is 7.48. The smallest absolute Gasteiger partial charge is 0.213 e. The highest BCUT2D eigenvalue weighted by atomic mass is 16.5. The highest BCUT2D eigenvalue weighted by Crippen LogP contribution is 2.38. The van der Waals surface area contributed by atoms with Gasteiger partial charge in [-0.15, -0.1) is 0 Å². The van der Waals surface area contributed by atoms with Crippen molar-refractivity contribution in [1.82, 2.24) is 19.8 Å². The summed E-state index contributed by atoms with van der Waals surface area (Å²) in [5.74, 6) is 1.35. The van der Waals surface area contributed by atoms with Crippen LogP contribution in [0.25, 0.3) is 0 Å². The molecule has 2 saturated heterocycles. The molecule has 1 atom stereocenters. The number of nitrogens with zero attached hydrogens (tertiary/aromatic N) is 4. The molecule has 0 aliphatic carbocycles. The lowest BCUT2D eigenvalue weighted by molar-refractivity contribution is -0.0875. The highest BCUT2D eigenvalue weighted by Gasteiger charge is 2.49. The molecule has 2 aliphatic rings. The first-order valence-electron chi connectivity index (χ1n) is 9.10. The number of ether oxygens (including phenoxy) is 1. The SMILES string of the molecule is CN1CC[C@H](COc2ccccn2)CC12CN(Cc1ccncc1)C2. The van der Waals surface area contributed by atoms with Gasteiger partial charge in [-0.1, -0.05) is 6.07 Å². The molecule has 0 unspecified atom stereocenters. The van der Waals surface area contributed by atoms with Gasteiger partial charge in [0.25, 0.3) is 0 Å². The lowest BCUT2D eigenvalue weighted by atomic mass is 9.75. The Balaban J connectivity index is 1.31. The number of likely N-dealkylation sites (N-methyl/N-ethyl adjacent to an activating group) is 1. The van der Waals surface area contributed by atoms with E-state index in [0.717, 1.165) is 38.7 Å². The third-order valence-electron chi connectivity index (χ3n) is 5.65. The molecule has 0 saturated carbocycles. The maximum atomic E-state index is 5.91. The fourth-order valence-electron chi connectivity index (χ4n) is 4.20. The van der Waals surface area contributed by atoms with Gasteiger partial charge >= 0.3 is 0 Å². The molecule has 0 radical (unpaired) electrons. The predicted molar refractivity (Wildman–Crippen MR) is 97.3 cm³/mol. The van der Waals surface area contributed by atoms with Crippen molar-refractivity contribution in [3.63, 3.8) is 0 Å². The van der Waals surface area contributed by atoms with Crippen molar-refractivity contribution in [3.8, 4) is 5.88 Å². The molecule has 0 bridgehead atoms. The number of rotatable bonds is 5. The Kier molecular flexibility index (Phi) is 4.68. The van der Waals surface area contributed by atoms with E-state index >= 15 is 0 Å². The van der Waals surface area contributed by atoms with Gasteiger partial charge in [-0.2, -0.15) is 0 Å². The van der Waals surface area contributed by atoms with E-state index in [1.54, 1.807) is 6.20 Å².